The summed E-state index contributed by atoms with van der Waals surface area (Å²) in [6.07, 6.45) is 2.36. The van der Waals surface area contributed by atoms with Crippen LogP contribution in [0.2, 0.25) is 0 Å². The van der Waals surface area contributed by atoms with E-state index in [1.807, 2.05) is 20.8 Å². The predicted molar refractivity (Wildman–Crippen MR) is 68.3 cm³/mol. The molecule has 1 aliphatic carbocycles. The third kappa shape index (κ3) is 3.14. The Bertz CT molecular complexity index is 420. The maximum Gasteiger partial charge on any atom is 0.306 e. The van der Waals surface area contributed by atoms with Gasteiger partial charge < -0.3 is 10.1 Å². The van der Waals surface area contributed by atoms with Gasteiger partial charge in [-0.2, -0.15) is 0 Å². The minimum atomic E-state index is -0.798. The van der Waals surface area contributed by atoms with Gasteiger partial charge in [-0.1, -0.05) is 0 Å². The summed E-state index contributed by atoms with van der Waals surface area (Å²) in [7, 11) is 0. The van der Waals surface area contributed by atoms with Crippen molar-refractivity contribution in [1.29, 1.82) is 0 Å². The van der Waals surface area contributed by atoms with Crippen LogP contribution < -0.4 is 5.32 Å². The molecule has 0 spiro atoms. The van der Waals surface area contributed by atoms with Crippen LogP contribution in [0, 0.1) is 5.92 Å². The van der Waals surface area contributed by atoms with Crippen LogP contribution >= 0.6 is 0 Å². The summed E-state index contributed by atoms with van der Waals surface area (Å²) >= 11 is 0. The Morgan fingerprint density at radius 1 is 1.37 bits per heavy atom. The summed E-state index contributed by atoms with van der Waals surface area (Å²) in [5, 5.41) is 2.80. The highest BCUT2D eigenvalue weighted by atomic mass is 16.6. The molecule has 1 atom stereocenters. The summed E-state index contributed by atoms with van der Waals surface area (Å²) in [6.45, 7) is 5.43. The molecule has 1 saturated carbocycles. The molecule has 2 fully saturated rings. The first-order valence-corrected chi connectivity index (χ1v) is 6.79. The highest BCUT2D eigenvalue weighted by molar-refractivity contribution is 6.10. The van der Waals surface area contributed by atoms with Gasteiger partial charge in [0, 0.05) is 6.42 Å². The maximum atomic E-state index is 12.1. The normalized spacial score (nSPS) is 27.3. The number of carbonyl (C=O) groups excluding carboxylic acids is 3. The van der Waals surface area contributed by atoms with Gasteiger partial charge in [0.1, 0.15) is 11.1 Å². The van der Waals surface area contributed by atoms with Gasteiger partial charge in [0.2, 0.25) is 5.91 Å². The zero-order valence-corrected chi connectivity index (χ0v) is 11.7. The van der Waals surface area contributed by atoms with E-state index in [0.717, 1.165) is 12.8 Å². The van der Waals surface area contributed by atoms with Gasteiger partial charge in [-0.25, -0.2) is 0 Å². The molecule has 1 unspecified atom stereocenters. The lowest BCUT2D eigenvalue weighted by atomic mass is 9.85. The highest BCUT2D eigenvalue weighted by Gasteiger charge is 2.55. The summed E-state index contributed by atoms with van der Waals surface area (Å²) in [4.78, 5) is 35.2. The molecule has 5 nitrogen and oxygen atoms in total. The van der Waals surface area contributed by atoms with Crippen LogP contribution in [0.5, 0.6) is 0 Å². The minimum absolute atomic E-state index is 0.0508. The third-order valence-electron chi connectivity index (χ3n) is 3.60. The number of Topliss-reactive ketones (excluding diaryl/α,β-unsaturated/α-hetero) is 1. The Morgan fingerprint density at radius 2 is 2.00 bits per heavy atom. The molecule has 2 aliphatic rings. The van der Waals surface area contributed by atoms with Gasteiger partial charge >= 0.3 is 5.97 Å². The lowest BCUT2D eigenvalue weighted by Gasteiger charge is -2.28. The number of ketones is 1. The molecule has 0 aromatic rings. The Morgan fingerprint density at radius 3 is 2.42 bits per heavy atom. The Hall–Kier alpha value is -1.39. The van der Waals surface area contributed by atoms with Crippen molar-refractivity contribution in [3.63, 3.8) is 0 Å². The summed E-state index contributed by atoms with van der Waals surface area (Å²) in [5.41, 5.74) is -1.32. The standard InChI is InChI=1S/C14H21NO4/c1-13(2,3)19-12(18)6-7-14(9-4-5-9)10(16)8-11(17)15-14/h9H,4-8H2,1-3H3,(H,15,17). The molecule has 5 heteroatoms. The van der Waals surface area contributed by atoms with Gasteiger partial charge in [-0.15, -0.1) is 0 Å². The summed E-state index contributed by atoms with van der Waals surface area (Å²) < 4.78 is 5.24. The fraction of sp³-hybridized carbons (Fsp3) is 0.786. The smallest absolute Gasteiger partial charge is 0.306 e. The minimum Gasteiger partial charge on any atom is -0.460 e. The monoisotopic (exact) mass is 267 g/mol. The average molecular weight is 267 g/mol. The number of hydrogen-bond donors (Lipinski definition) is 1. The number of esters is 1. The zero-order valence-electron chi connectivity index (χ0n) is 11.7. The van der Waals surface area contributed by atoms with E-state index >= 15 is 0 Å². The van der Waals surface area contributed by atoms with E-state index in [1.54, 1.807) is 0 Å². The quantitative estimate of drug-likeness (QED) is 0.616. The zero-order chi connectivity index (χ0) is 14.3. The molecule has 2 rings (SSSR count). The van der Waals surface area contributed by atoms with E-state index in [4.69, 9.17) is 4.74 Å². The van der Waals surface area contributed by atoms with Crippen LogP contribution in [0.3, 0.4) is 0 Å². The number of hydrogen-bond acceptors (Lipinski definition) is 4. The SMILES string of the molecule is CC(C)(C)OC(=O)CCC1(C2CC2)NC(=O)CC1=O. The first-order chi connectivity index (χ1) is 8.73. The first-order valence-electron chi connectivity index (χ1n) is 6.79. The van der Waals surface area contributed by atoms with Gasteiger partial charge in [0.25, 0.3) is 0 Å². The van der Waals surface area contributed by atoms with Crippen molar-refractivity contribution in [2.75, 3.05) is 0 Å². The van der Waals surface area contributed by atoms with Crippen LogP contribution in [0.1, 0.15) is 52.9 Å². The molecule has 1 N–H and O–H groups in total. The number of ether oxygens (including phenoxy) is 1. The molecule has 0 radical (unpaired) electrons. The molecule has 1 heterocycles. The number of carbonyl (C=O) groups is 3. The topological polar surface area (TPSA) is 72.5 Å². The van der Waals surface area contributed by atoms with Crippen molar-refractivity contribution < 1.29 is 19.1 Å². The highest BCUT2D eigenvalue weighted by Crippen LogP contribution is 2.45. The van der Waals surface area contributed by atoms with Crippen molar-refractivity contribution in [3.05, 3.63) is 0 Å². The van der Waals surface area contributed by atoms with Crippen LogP contribution in [0.4, 0.5) is 0 Å². The molecule has 1 aliphatic heterocycles. The molecule has 0 bridgehead atoms. The van der Waals surface area contributed by atoms with Gasteiger partial charge in [0.05, 0.1) is 6.42 Å². The summed E-state index contributed by atoms with van der Waals surface area (Å²) in [6, 6.07) is 0. The van der Waals surface area contributed by atoms with Crippen molar-refractivity contribution in [1.82, 2.24) is 5.32 Å². The van der Waals surface area contributed by atoms with Crippen molar-refractivity contribution >= 4 is 17.7 Å². The first kappa shape index (κ1) is 14.0. The molecular weight excluding hydrogens is 246 g/mol. The van der Waals surface area contributed by atoms with Gasteiger partial charge in [-0.3, -0.25) is 14.4 Å². The second-order valence-electron chi connectivity index (χ2n) is 6.48. The van der Waals surface area contributed by atoms with Crippen LogP contribution in [0.25, 0.3) is 0 Å². The van der Waals surface area contributed by atoms with Crippen molar-refractivity contribution in [2.45, 2.75) is 64.0 Å². The van der Waals surface area contributed by atoms with E-state index in [-0.39, 0.29) is 36.4 Å². The lowest BCUT2D eigenvalue weighted by Crippen LogP contribution is -2.49. The van der Waals surface area contributed by atoms with Gasteiger partial charge in [-0.05, 0) is 46.0 Å². The molecule has 1 amide bonds. The lowest BCUT2D eigenvalue weighted by molar-refractivity contribution is -0.155. The van der Waals surface area contributed by atoms with E-state index < -0.39 is 11.1 Å². The number of nitrogens with one attached hydrogen (secondary N) is 1. The molecule has 0 aromatic heterocycles. The van der Waals surface area contributed by atoms with E-state index in [9.17, 15) is 14.4 Å². The largest absolute Gasteiger partial charge is 0.460 e. The fourth-order valence-electron chi connectivity index (χ4n) is 2.67. The Balaban J connectivity index is 1.97. The molecular formula is C14H21NO4. The Labute approximate surface area is 113 Å². The average Bonchev–Trinajstić information content (AvgIpc) is 3.01. The molecule has 106 valence electrons. The van der Waals surface area contributed by atoms with Crippen molar-refractivity contribution in [2.24, 2.45) is 5.92 Å². The van der Waals surface area contributed by atoms with E-state index in [2.05, 4.69) is 5.32 Å². The van der Waals surface area contributed by atoms with Crippen LogP contribution in [-0.4, -0.2) is 28.8 Å². The fourth-order valence-corrected chi connectivity index (χ4v) is 2.67. The predicted octanol–water partition coefficient (Wildman–Crippen LogP) is 1.35. The summed E-state index contributed by atoms with van der Waals surface area (Å²) in [5.74, 6) is -0.403. The van der Waals surface area contributed by atoms with Crippen LogP contribution in [-0.2, 0) is 19.1 Å². The van der Waals surface area contributed by atoms with Crippen molar-refractivity contribution in [3.8, 4) is 0 Å². The number of rotatable bonds is 4. The number of amides is 1. The Kier molecular flexibility index (Phi) is 3.41. The van der Waals surface area contributed by atoms with Crippen LogP contribution in [0.15, 0.2) is 0 Å². The van der Waals surface area contributed by atoms with E-state index in [0.29, 0.717) is 6.42 Å². The molecule has 1 saturated heterocycles. The molecule has 19 heavy (non-hydrogen) atoms. The maximum absolute atomic E-state index is 12.1. The van der Waals surface area contributed by atoms with Gasteiger partial charge in [0.15, 0.2) is 5.78 Å². The third-order valence-corrected chi connectivity index (χ3v) is 3.60. The second-order valence-corrected chi connectivity index (χ2v) is 6.48. The van der Waals surface area contributed by atoms with E-state index in [1.165, 1.54) is 0 Å². The molecule has 0 aromatic carbocycles. The second kappa shape index (κ2) is 4.62.